The number of imidazole rings is 1. The first kappa shape index (κ1) is 11.6. The Morgan fingerprint density at radius 2 is 2.00 bits per heavy atom. The number of H-pyrrole nitrogens is 1. The molecule has 7 nitrogen and oxygen atoms in total. The largest absolute Gasteiger partial charge is 0.336 e. The first-order chi connectivity index (χ1) is 8.06. The summed E-state index contributed by atoms with van der Waals surface area (Å²) >= 11 is 0. The van der Waals surface area contributed by atoms with Crippen molar-refractivity contribution in [1.29, 1.82) is 0 Å². The van der Waals surface area contributed by atoms with Gasteiger partial charge in [0.15, 0.2) is 5.65 Å². The topological polar surface area (TPSA) is 98.7 Å². The molecule has 0 aliphatic carbocycles. The second-order valence-electron chi connectivity index (χ2n) is 3.98. The van der Waals surface area contributed by atoms with Gasteiger partial charge in [-0.3, -0.25) is 13.9 Å². The highest BCUT2D eigenvalue weighted by Gasteiger charge is 2.12. The molecular formula is C10H15N5O2. The summed E-state index contributed by atoms with van der Waals surface area (Å²) in [5.74, 6) is 0.684. The lowest BCUT2D eigenvalue weighted by molar-refractivity contribution is 0.708. The number of nitrogens with one attached hydrogen (secondary N) is 1. The minimum atomic E-state index is -0.376. The average molecular weight is 237 g/mol. The summed E-state index contributed by atoms with van der Waals surface area (Å²) in [6, 6.07) is 0. The molecule has 2 heterocycles. The van der Waals surface area contributed by atoms with Crippen molar-refractivity contribution in [3.8, 4) is 0 Å². The van der Waals surface area contributed by atoms with Gasteiger partial charge in [0.05, 0.1) is 0 Å². The maximum atomic E-state index is 11.8. The van der Waals surface area contributed by atoms with Crippen molar-refractivity contribution in [3.63, 3.8) is 0 Å². The van der Waals surface area contributed by atoms with Crippen LogP contribution in [-0.2, 0) is 20.5 Å². The molecule has 17 heavy (non-hydrogen) atoms. The summed E-state index contributed by atoms with van der Waals surface area (Å²) in [6.07, 6.45) is 1.45. The number of nitrogens with two attached hydrogens (primary N) is 1. The van der Waals surface area contributed by atoms with E-state index in [2.05, 4.69) is 9.97 Å². The van der Waals surface area contributed by atoms with Gasteiger partial charge in [0.2, 0.25) is 0 Å². The normalized spacial score (nSPS) is 11.2. The van der Waals surface area contributed by atoms with E-state index in [1.807, 2.05) is 0 Å². The number of fused-ring (bicyclic) bond motifs is 1. The SMILES string of the molecule is Cn1c(=O)c2[nH]c(CCCN)nc2n(C)c1=O. The Kier molecular flexibility index (Phi) is 2.84. The van der Waals surface area contributed by atoms with Crippen molar-refractivity contribution in [2.75, 3.05) is 6.54 Å². The highest BCUT2D eigenvalue weighted by atomic mass is 16.2. The summed E-state index contributed by atoms with van der Waals surface area (Å²) in [7, 11) is 3.04. The first-order valence-corrected chi connectivity index (χ1v) is 5.41. The van der Waals surface area contributed by atoms with Gasteiger partial charge < -0.3 is 10.7 Å². The Balaban J connectivity index is 2.69. The maximum absolute atomic E-state index is 11.8. The van der Waals surface area contributed by atoms with Crippen LogP contribution < -0.4 is 17.0 Å². The molecule has 0 unspecified atom stereocenters. The van der Waals surface area contributed by atoms with E-state index in [0.29, 0.717) is 30.0 Å². The van der Waals surface area contributed by atoms with Gasteiger partial charge in [-0.15, -0.1) is 0 Å². The third-order valence-corrected chi connectivity index (χ3v) is 2.76. The van der Waals surface area contributed by atoms with Crippen molar-refractivity contribution in [3.05, 3.63) is 26.7 Å². The number of aromatic nitrogens is 4. The Morgan fingerprint density at radius 3 is 2.65 bits per heavy atom. The van der Waals surface area contributed by atoms with Gasteiger partial charge in [-0.05, 0) is 13.0 Å². The number of nitrogens with zero attached hydrogens (tertiary/aromatic N) is 3. The quantitative estimate of drug-likeness (QED) is 0.704. The van der Waals surface area contributed by atoms with Gasteiger partial charge in [-0.1, -0.05) is 0 Å². The molecule has 0 radical (unpaired) electrons. The standard InChI is InChI=1S/C10H15N5O2/c1-14-8-7(9(16)15(2)10(14)17)12-6(13-8)4-3-5-11/h3-5,11H2,1-2H3,(H,12,13). The number of hydrogen-bond acceptors (Lipinski definition) is 4. The Morgan fingerprint density at radius 1 is 1.29 bits per heavy atom. The number of aromatic amines is 1. The van der Waals surface area contributed by atoms with Crippen LogP contribution in [0, 0.1) is 0 Å². The summed E-state index contributed by atoms with van der Waals surface area (Å²) in [4.78, 5) is 30.7. The monoisotopic (exact) mass is 237 g/mol. The lowest BCUT2D eigenvalue weighted by Crippen LogP contribution is -2.36. The van der Waals surface area contributed by atoms with Crippen molar-refractivity contribution in [2.24, 2.45) is 19.8 Å². The molecule has 0 fully saturated rings. The van der Waals surface area contributed by atoms with Gasteiger partial charge in [0, 0.05) is 20.5 Å². The van der Waals surface area contributed by atoms with Crippen molar-refractivity contribution in [2.45, 2.75) is 12.8 Å². The number of aryl methyl sites for hydroxylation is 2. The van der Waals surface area contributed by atoms with E-state index in [4.69, 9.17) is 5.73 Å². The molecule has 2 rings (SSSR count). The minimum absolute atomic E-state index is 0.352. The third-order valence-electron chi connectivity index (χ3n) is 2.76. The van der Waals surface area contributed by atoms with Crippen LogP contribution in [0.3, 0.4) is 0 Å². The molecule has 0 saturated heterocycles. The second kappa shape index (κ2) is 4.17. The molecule has 0 saturated carbocycles. The Labute approximate surface area is 96.9 Å². The molecule has 92 valence electrons. The second-order valence-corrected chi connectivity index (χ2v) is 3.98. The number of rotatable bonds is 3. The summed E-state index contributed by atoms with van der Waals surface area (Å²) < 4.78 is 2.42. The Hall–Kier alpha value is -1.89. The Bertz CT molecular complexity index is 664. The summed E-state index contributed by atoms with van der Waals surface area (Å²) in [5, 5.41) is 0. The predicted molar refractivity (Wildman–Crippen MR) is 64.0 cm³/mol. The molecular weight excluding hydrogens is 222 g/mol. The molecule has 2 aromatic heterocycles. The van der Waals surface area contributed by atoms with E-state index >= 15 is 0 Å². The van der Waals surface area contributed by atoms with Crippen LogP contribution in [0.15, 0.2) is 9.59 Å². The lowest BCUT2D eigenvalue weighted by atomic mass is 10.3. The molecule has 7 heteroatoms. The van der Waals surface area contributed by atoms with Crippen molar-refractivity contribution in [1.82, 2.24) is 19.1 Å². The van der Waals surface area contributed by atoms with Gasteiger partial charge in [0.1, 0.15) is 11.3 Å². The fourth-order valence-corrected chi connectivity index (χ4v) is 1.76. The van der Waals surface area contributed by atoms with Gasteiger partial charge in [-0.2, -0.15) is 0 Å². The van der Waals surface area contributed by atoms with E-state index in [0.717, 1.165) is 11.0 Å². The predicted octanol–water partition coefficient (Wildman–Crippen LogP) is -1.15. The molecule has 0 bridgehead atoms. The minimum Gasteiger partial charge on any atom is -0.336 e. The zero-order valence-corrected chi connectivity index (χ0v) is 9.86. The maximum Gasteiger partial charge on any atom is 0.332 e. The van der Waals surface area contributed by atoms with E-state index in [-0.39, 0.29) is 11.2 Å². The molecule has 0 atom stereocenters. The molecule has 2 aromatic rings. The first-order valence-electron chi connectivity index (χ1n) is 5.41. The molecule has 0 amide bonds. The van der Waals surface area contributed by atoms with Crippen LogP contribution in [0.4, 0.5) is 0 Å². The fourth-order valence-electron chi connectivity index (χ4n) is 1.76. The van der Waals surface area contributed by atoms with Crippen LogP contribution in [0.1, 0.15) is 12.2 Å². The molecule has 0 aliphatic heterocycles. The van der Waals surface area contributed by atoms with Crippen molar-refractivity contribution < 1.29 is 0 Å². The highest BCUT2D eigenvalue weighted by Crippen LogP contribution is 2.05. The van der Waals surface area contributed by atoms with Crippen molar-refractivity contribution >= 4 is 11.2 Å². The smallest absolute Gasteiger partial charge is 0.332 e. The van der Waals surface area contributed by atoms with Gasteiger partial charge in [-0.25, -0.2) is 9.78 Å². The van der Waals surface area contributed by atoms with E-state index in [1.165, 1.54) is 11.6 Å². The number of hydrogen-bond donors (Lipinski definition) is 2. The zero-order chi connectivity index (χ0) is 12.6. The summed E-state index contributed by atoms with van der Waals surface area (Å²) in [5.41, 5.74) is 5.44. The molecule has 3 N–H and O–H groups in total. The van der Waals surface area contributed by atoms with Crippen LogP contribution >= 0.6 is 0 Å². The van der Waals surface area contributed by atoms with E-state index < -0.39 is 0 Å². The van der Waals surface area contributed by atoms with Gasteiger partial charge >= 0.3 is 5.69 Å². The van der Waals surface area contributed by atoms with Gasteiger partial charge in [0.25, 0.3) is 5.56 Å². The molecule has 0 aliphatic rings. The van der Waals surface area contributed by atoms with Crippen LogP contribution in [0.2, 0.25) is 0 Å². The summed E-state index contributed by atoms with van der Waals surface area (Å²) in [6.45, 7) is 0.563. The lowest BCUT2D eigenvalue weighted by Gasteiger charge is -2.00. The van der Waals surface area contributed by atoms with E-state index in [9.17, 15) is 9.59 Å². The molecule has 0 spiro atoms. The molecule has 0 aromatic carbocycles. The third kappa shape index (κ3) is 1.78. The zero-order valence-electron chi connectivity index (χ0n) is 9.86. The van der Waals surface area contributed by atoms with Crippen LogP contribution in [-0.4, -0.2) is 25.6 Å². The highest BCUT2D eigenvalue weighted by molar-refractivity contribution is 5.69. The van der Waals surface area contributed by atoms with Crippen LogP contribution in [0.25, 0.3) is 11.2 Å². The average Bonchev–Trinajstić information content (AvgIpc) is 2.75. The van der Waals surface area contributed by atoms with Crippen LogP contribution in [0.5, 0.6) is 0 Å². The fraction of sp³-hybridized carbons (Fsp3) is 0.500. The van der Waals surface area contributed by atoms with E-state index in [1.54, 1.807) is 7.05 Å².